The zero-order valence-corrected chi connectivity index (χ0v) is 15.5. The molecule has 8 heteroatoms. The van der Waals surface area contributed by atoms with Crippen LogP contribution in [0.4, 0.5) is 13.2 Å². The molecule has 1 aromatic heterocycles. The number of nitrogens with zero attached hydrogens (tertiary/aromatic N) is 3. The van der Waals surface area contributed by atoms with Gasteiger partial charge in [-0.05, 0) is 42.5 Å². The number of aromatic nitrogens is 2. The summed E-state index contributed by atoms with van der Waals surface area (Å²) in [6.45, 7) is 3.85. The molecule has 1 aromatic carbocycles. The van der Waals surface area contributed by atoms with Gasteiger partial charge in [0.2, 0.25) is 0 Å². The van der Waals surface area contributed by atoms with Crippen LogP contribution in [0.15, 0.2) is 18.2 Å². The van der Waals surface area contributed by atoms with E-state index < -0.39 is 11.9 Å². The highest BCUT2D eigenvalue weighted by atomic mass is 19.4. The summed E-state index contributed by atoms with van der Waals surface area (Å²) in [6, 6.07) is 6.35. The molecular weight excluding hydrogens is 371 g/mol. The lowest BCUT2D eigenvalue weighted by Crippen LogP contribution is -2.43. The molecule has 0 saturated carbocycles. The first kappa shape index (κ1) is 18.1. The molecule has 28 heavy (non-hydrogen) atoms. The SMILES string of the molecule is FC(F)(F)c1nn(-c2ccc3c(c2)C[C@@H](N2CCOCC2)C3)c2c1CCOC2. The molecule has 150 valence electrons. The second-order valence-electron chi connectivity index (χ2n) is 7.65. The number of alkyl halides is 3. The molecule has 5 nitrogen and oxygen atoms in total. The van der Waals surface area contributed by atoms with Crippen molar-refractivity contribution in [2.24, 2.45) is 0 Å². The number of rotatable bonds is 2. The summed E-state index contributed by atoms with van der Waals surface area (Å²) in [7, 11) is 0. The summed E-state index contributed by atoms with van der Waals surface area (Å²) in [4.78, 5) is 2.45. The van der Waals surface area contributed by atoms with Crippen LogP contribution in [0.25, 0.3) is 5.69 Å². The van der Waals surface area contributed by atoms with Crippen LogP contribution in [0.5, 0.6) is 0 Å². The molecule has 0 unspecified atom stereocenters. The van der Waals surface area contributed by atoms with Crippen molar-refractivity contribution < 1.29 is 22.6 Å². The van der Waals surface area contributed by atoms with E-state index in [4.69, 9.17) is 9.47 Å². The van der Waals surface area contributed by atoms with Crippen molar-refractivity contribution >= 4 is 0 Å². The molecule has 3 aliphatic rings. The number of ether oxygens (including phenoxy) is 2. The van der Waals surface area contributed by atoms with Crippen LogP contribution in [-0.2, 0) is 41.5 Å². The smallest absolute Gasteiger partial charge is 0.379 e. The normalized spacial score (nSPS) is 22.9. The van der Waals surface area contributed by atoms with Gasteiger partial charge in [-0.25, -0.2) is 4.68 Å². The summed E-state index contributed by atoms with van der Waals surface area (Å²) in [5.41, 5.74) is 3.15. The number of morpholine rings is 1. The van der Waals surface area contributed by atoms with E-state index in [2.05, 4.69) is 10.00 Å². The first-order valence-electron chi connectivity index (χ1n) is 9.70. The van der Waals surface area contributed by atoms with E-state index in [-0.39, 0.29) is 18.6 Å². The molecule has 0 bridgehead atoms. The van der Waals surface area contributed by atoms with Crippen molar-refractivity contribution in [3.05, 3.63) is 46.3 Å². The monoisotopic (exact) mass is 393 g/mol. The average molecular weight is 393 g/mol. The summed E-state index contributed by atoms with van der Waals surface area (Å²) in [6.07, 6.45) is -2.32. The molecular formula is C20H22F3N3O2. The number of benzene rings is 1. The van der Waals surface area contributed by atoms with E-state index in [1.165, 1.54) is 15.8 Å². The molecule has 2 aliphatic heterocycles. The van der Waals surface area contributed by atoms with Gasteiger partial charge in [-0.1, -0.05) is 6.07 Å². The van der Waals surface area contributed by atoms with E-state index in [9.17, 15) is 13.2 Å². The molecule has 3 heterocycles. The number of hydrogen-bond donors (Lipinski definition) is 0. The van der Waals surface area contributed by atoms with Gasteiger partial charge in [0, 0.05) is 24.7 Å². The highest BCUT2D eigenvalue weighted by Crippen LogP contribution is 2.36. The first-order chi connectivity index (χ1) is 13.5. The fraction of sp³-hybridized carbons (Fsp3) is 0.550. The Morgan fingerprint density at radius 2 is 1.79 bits per heavy atom. The molecule has 5 rings (SSSR count). The van der Waals surface area contributed by atoms with Gasteiger partial charge in [-0.3, -0.25) is 4.90 Å². The van der Waals surface area contributed by atoms with E-state index in [0.29, 0.717) is 24.0 Å². The quantitative estimate of drug-likeness (QED) is 0.787. The minimum atomic E-state index is -4.45. The van der Waals surface area contributed by atoms with Crippen LogP contribution in [-0.4, -0.2) is 53.6 Å². The van der Waals surface area contributed by atoms with Crippen LogP contribution in [0, 0.1) is 0 Å². The third-order valence-electron chi connectivity index (χ3n) is 6.00. The predicted octanol–water partition coefficient (Wildman–Crippen LogP) is 2.76. The Balaban J connectivity index is 1.47. The molecule has 1 fully saturated rings. The third-order valence-corrected chi connectivity index (χ3v) is 6.00. The molecule has 2 aromatic rings. The Bertz CT molecular complexity index is 888. The Kier molecular flexibility index (Phi) is 4.45. The van der Waals surface area contributed by atoms with Gasteiger partial charge in [-0.15, -0.1) is 0 Å². The van der Waals surface area contributed by atoms with Crippen LogP contribution in [0.1, 0.15) is 28.1 Å². The fourth-order valence-electron chi connectivity index (χ4n) is 4.59. The minimum Gasteiger partial charge on any atom is -0.379 e. The molecule has 0 amide bonds. The van der Waals surface area contributed by atoms with Gasteiger partial charge in [0.25, 0.3) is 0 Å². The lowest BCUT2D eigenvalue weighted by atomic mass is 10.1. The average Bonchev–Trinajstić information content (AvgIpc) is 3.29. The van der Waals surface area contributed by atoms with E-state index in [1.54, 1.807) is 0 Å². The lowest BCUT2D eigenvalue weighted by Gasteiger charge is -2.32. The van der Waals surface area contributed by atoms with E-state index >= 15 is 0 Å². The third kappa shape index (κ3) is 3.13. The van der Waals surface area contributed by atoms with Crippen LogP contribution in [0.2, 0.25) is 0 Å². The Morgan fingerprint density at radius 1 is 1.00 bits per heavy atom. The molecule has 1 aliphatic carbocycles. The molecule has 0 spiro atoms. The first-order valence-corrected chi connectivity index (χ1v) is 9.70. The van der Waals surface area contributed by atoms with Crippen molar-refractivity contribution in [3.63, 3.8) is 0 Å². The van der Waals surface area contributed by atoms with Gasteiger partial charge in [0.05, 0.1) is 37.8 Å². The van der Waals surface area contributed by atoms with Crippen molar-refractivity contribution in [2.75, 3.05) is 32.9 Å². The van der Waals surface area contributed by atoms with Gasteiger partial charge >= 0.3 is 6.18 Å². The van der Waals surface area contributed by atoms with E-state index in [0.717, 1.165) is 39.1 Å². The largest absolute Gasteiger partial charge is 0.435 e. The summed E-state index contributed by atoms with van der Waals surface area (Å²) in [5.74, 6) is 0. The van der Waals surface area contributed by atoms with Crippen molar-refractivity contribution in [1.82, 2.24) is 14.7 Å². The lowest BCUT2D eigenvalue weighted by molar-refractivity contribution is -0.142. The van der Waals surface area contributed by atoms with Gasteiger partial charge in [0.1, 0.15) is 0 Å². The molecule has 0 radical (unpaired) electrons. The second kappa shape index (κ2) is 6.86. The Hall–Kier alpha value is -1.90. The maximum atomic E-state index is 13.4. The summed E-state index contributed by atoms with van der Waals surface area (Å²) < 4.78 is 52.6. The second-order valence-corrected chi connectivity index (χ2v) is 7.65. The standard InChI is InChI=1S/C20H22F3N3O2/c21-20(22,23)19-17-3-6-28-12-18(17)26(24-19)15-2-1-13-9-16(11-14(13)10-15)25-4-7-27-8-5-25/h1-2,10,16H,3-9,11-12H2/t16-/m0/s1. The number of fused-ring (bicyclic) bond motifs is 2. The zero-order chi connectivity index (χ0) is 19.3. The predicted molar refractivity (Wildman–Crippen MR) is 95.5 cm³/mol. The number of halogens is 3. The fourth-order valence-corrected chi connectivity index (χ4v) is 4.59. The Morgan fingerprint density at radius 3 is 2.57 bits per heavy atom. The summed E-state index contributed by atoms with van der Waals surface area (Å²) >= 11 is 0. The molecule has 0 N–H and O–H groups in total. The van der Waals surface area contributed by atoms with Crippen molar-refractivity contribution in [1.29, 1.82) is 0 Å². The van der Waals surface area contributed by atoms with Gasteiger partial charge < -0.3 is 9.47 Å². The van der Waals surface area contributed by atoms with Gasteiger partial charge in [0.15, 0.2) is 5.69 Å². The molecule has 1 saturated heterocycles. The van der Waals surface area contributed by atoms with Crippen LogP contribution in [0.3, 0.4) is 0 Å². The topological polar surface area (TPSA) is 39.5 Å². The van der Waals surface area contributed by atoms with E-state index in [1.807, 2.05) is 18.2 Å². The zero-order valence-electron chi connectivity index (χ0n) is 15.5. The molecule has 1 atom stereocenters. The van der Waals surface area contributed by atoms with Crippen molar-refractivity contribution in [2.45, 2.75) is 38.1 Å². The Labute approximate surface area is 161 Å². The maximum absolute atomic E-state index is 13.4. The van der Waals surface area contributed by atoms with Crippen LogP contribution >= 0.6 is 0 Å². The highest BCUT2D eigenvalue weighted by Gasteiger charge is 2.40. The minimum absolute atomic E-state index is 0.159. The maximum Gasteiger partial charge on any atom is 0.435 e. The van der Waals surface area contributed by atoms with Gasteiger partial charge in [-0.2, -0.15) is 18.3 Å². The van der Waals surface area contributed by atoms with Crippen LogP contribution < -0.4 is 0 Å². The summed E-state index contributed by atoms with van der Waals surface area (Å²) in [5, 5.41) is 3.95. The van der Waals surface area contributed by atoms with Crippen molar-refractivity contribution in [3.8, 4) is 5.69 Å². The number of hydrogen-bond acceptors (Lipinski definition) is 4. The highest BCUT2D eigenvalue weighted by molar-refractivity contribution is 5.46.